The van der Waals surface area contributed by atoms with Gasteiger partial charge in [0.05, 0.1) is 10.6 Å². The predicted octanol–water partition coefficient (Wildman–Crippen LogP) is 2.41. The van der Waals surface area contributed by atoms with Gasteiger partial charge in [-0.15, -0.1) is 0 Å². The van der Waals surface area contributed by atoms with Crippen molar-refractivity contribution in [3.8, 4) is 0 Å². The molecule has 0 fully saturated rings. The number of carbonyl (C=O) groups excluding carboxylic acids is 1. The van der Waals surface area contributed by atoms with E-state index in [0.29, 0.717) is 0 Å². The lowest BCUT2D eigenvalue weighted by molar-refractivity contribution is -0.142. The molecule has 4 nitrogen and oxygen atoms in total. The molecule has 0 saturated heterocycles. The molecule has 0 heterocycles. The lowest BCUT2D eigenvalue weighted by Gasteiger charge is -2.24. The molecule has 0 aliphatic carbocycles. The van der Waals surface area contributed by atoms with E-state index in [1.807, 2.05) is 0 Å². The third-order valence-electron chi connectivity index (χ3n) is 2.64. The van der Waals surface area contributed by atoms with E-state index in [1.54, 1.807) is 6.92 Å². The molecule has 0 saturated carbocycles. The molecule has 0 aliphatic heterocycles. The number of nitrogens with zero attached hydrogens (tertiary/aromatic N) is 1. The highest BCUT2D eigenvalue weighted by Crippen LogP contribution is 2.20. The van der Waals surface area contributed by atoms with Gasteiger partial charge in [0, 0.05) is 7.05 Å². The van der Waals surface area contributed by atoms with Crippen LogP contribution in [0.3, 0.4) is 0 Å². The first-order valence-corrected chi connectivity index (χ1v) is 5.71. The van der Waals surface area contributed by atoms with Gasteiger partial charge in [0.1, 0.15) is 6.04 Å². The molecule has 0 spiro atoms. The summed E-state index contributed by atoms with van der Waals surface area (Å²) < 4.78 is 13.7. The number of likely N-dealkylation sites (N-methyl/N-ethyl adjacent to an activating group) is 1. The van der Waals surface area contributed by atoms with Gasteiger partial charge in [-0.25, -0.2) is 9.18 Å². The lowest BCUT2D eigenvalue weighted by atomic mass is 10.1. The average Bonchev–Trinajstić information content (AvgIpc) is 2.32. The van der Waals surface area contributed by atoms with Crippen LogP contribution >= 0.6 is 11.6 Å². The molecule has 0 aliphatic rings. The van der Waals surface area contributed by atoms with E-state index in [-0.39, 0.29) is 17.0 Å². The molecular formula is C12H13ClFNO3. The van der Waals surface area contributed by atoms with Crippen molar-refractivity contribution in [3.05, 3.63) is 34.6 Å². The molecular weight excluding hydrogens is 261 g/mol. The summed E-state index contributed by atoms with van der Waals surface area (Å²) in [6, 6.07) is 3.04. The fourth-order valence-corrected chi connectivity index (χ4v) is 1.79. The Labute approximate surface area is 109 Å². The van der Waals surface area contributed by atoms with Gasteiger partial charge in [-0.3, -0.25) is 4.79 Å². The number of carbonyl (C=O) groups is 2. The van der Waals surface area contributed by atoms with Crippen LogP contribution in [0, 0.1) is 5.82 Å². The van der Waals surface area contributed by atoms with Crippen molar-refractivity contribution in [1.82, 2.24) is 4.90 Å². The molecule has 1 rings (SSSR count). The molecule has 1 N–H and O–H groups in total. The van der Waals surface area contributed by atoms with Crippen LogP contribution in [0.15, 0.2) is 18.2 Å². The van der Waals surface area contributed by atoms with Crippen LogP contribution in [-0.4, -0.2) is 35.0 Å². The van der Waals surface area contributed by atoms with Gasteiger partial charge in [-0.1, -0.05) is 24.6 Å². The van der Waals surface area contributed by atoms with Gasteiger partial charge in [0.2, 0.25) is 0 Å². The molecule has 0 aromatic heterocycles. The second kappa shape index (κ2) is 5.82. The molecule has 1 atom stereocenters. The Balaban J connectivity index is 3.07. The van der Waals surface area contributed by atoms with E-state index in [2.05, 4.69) is 0 Å². The summed E-state index contributed by atoms with van der Waals surface area (Å²) in [5.41, 5.74) is -0.232. The number of carboxylic acids is 1. The maximum absolute atomic E-state index is 13.7. The Morgan fingerprint density at radius 1 is 1.50 bits per heavy atom. The molecule has 0 bridgehead atoms. The molecule has 1 unspecified atom stereocenters. The summed E-state index contributed by atoms with van der Waals surface area (Å²) in [6.07, 6.45) is 0.236. The van der Waals surface area contributed by atoms with Crippen LogP contribution < -0.4 is 0 Å². The second-order valence-electron chi connectivity index (χ2n) is 3.78. The standard InChI is InChI=1S/C12H13ClFNO3/c1-3-9(12(17)18)15(2)11(16)7-5-4-6-8(13)10(7)14/h4-6,9H,3H2,1-2H3,(H,17,18). The zero-order valence-corrected chi connectivity index (χ0v) is 10.7. The van der Waals surface area contributed by atoms with Gasteiger partial charge < -0.3 is 10.0 Å². The maximum Gasteiger partial charge on any atom is 0.326 e. The Morgan fingerprint density at radius 3 is 2.61 bits per heavy atom. The highest BCUT2D eigenvalue weighted by Gasteiger charge is 2.27. The van der Waals surface area contributed by atoms with Crippen LogP contribution in [0.1, 0.15) is 23.7 Å². The van der Waals surface area contributed by atoms with E-state index in [1.165, 1.54) is 25.2 Å². The van der Waals surface area contributed by atoms with Crippen molar-refractivity contribution >= 4 is 23.5 Å². The largest absolute Gasteiger partial charge is 0.480 e. The summed E-state index contributed by atoms with van der Waals surface area (Å²) in [4.78, 5) is 23.9. The molecule has 6 heteroatoms. The normalized spacial score (nSPS) is 12.0. The SMILES string of the molecule is CCC(C(=O)O)N(C)C(=O)c1cccc(Cl)c1F. The number of hydrogen-bond donors (Lipinski definition) is 1. The van der Waals surface area contributed by atoms with Crippen molar-refractivity contribution < 1.29 is 19.1 Å². The topological polar surface area (TPSA) is 57.6 Å². The quantitative estimate of drug-likeness (QED) is 0.916. The van der Waals surface area contributed by atoms with E-state index >= 15 is 0 Å². The van der Waals surface area contributed by atoms with Crippen molar-refractivity contribution in [1.29, 1.82) is 0 Å². The van der Waals surface area contributed by atoms with E-state index in [4.69, 9.17) is 16.7 Å². The van der Waals surface area contributed by atoms with Crippen LogP contribution in [0.2, 0.25) is 5.02 Å². The minimum atomic E-state index is -1.13. The van der Waals surface area contributed by atoms with Gasteiger partial charge in [-0.05, 0) is 18.6 Å². The summed E-state index contributed by atoms with van der Waals surface area (Å²) in [7, 11) is 1.32. The van der Waals surface area contributed by atoms with Crippen molar-refractivity contribution in [2.75, 3.05) is 7.05 Å². The van der Waals surface area contributed by atoms with Crippen LogP contribution in [0.25, 0.3) is 0 Å². The first-order chi connectivity index (χ1) is 8.40. The van der Waals surface area contributed by atoms with Gasteiger partial charge in [0.15, 0.2) is 5.82 Å². The summed E-state index contributed by atoms with van der Waals surface area (Å²) in [6.45, 7) is 1.64. The van der Waals surface area contributed by atoms with E-state index in [0.717, 1.165) is 4.90 Å². The van der Waals surface area contributed by atoms with Crippen LogP contribution in [-0.2, 0) is 4.79 Å². The predicted molar refractivity (Wildman–Crippen MR) is 65.2 cm³/mol. The monoisotopic (exact) mass is 273 g/mol. The number of carboxylic acid groups (broad SMARTS) is 1. The Morgan fingerprint density at radius 2 is 2.11 bits per heavy atom. The van der Waals surface area contributed by atoms with Crippen molar-refractivity contribution in [2.45, 2.75) is 19.4 Å². The average molecular weight is 274 g/mol. The molecule has 1 aromatic carbocycles. The van der Waals surface area contributed by atoms with Gasteiger partial charge in [0.25, 0.3) is 5.91 Å². The molecule has 1 amide bonds. The number of benzene rings is 1. The lowest BCUT2D eigenvalue weighted by Crippen LogP contribution is -2.42. The van der Waals surface area contributed by atoms with Crippen molar-refractivity contribution in [2.24, 2.45) is 0 Å². The minimum Gasteiger partial charge on any atom is -0.480 e. The highest BCUT2D eigenvalue weighted by molar-refractivity contribution is 6.31. The van der Waals surface area contributed by atoms with Gasteiger partial charge >= 0.3 is 5.97 Å². The van der Waals surface area contributed by atoms with Gasteiger partial charge in [-0.2, -0.15) is 0 Å². The zero-order valence-electron chi connectivity index (χ0n) is 9.98. The first-order valence-electron chi connectivity index (χ1n) is 5.34. The molecule has 1 aromatic rings. The number of amides is 1. The number of halogens is 2. The van der Waals surface area contributed by atoms with Crippen LogP contribution in [0.4, 0.5) is 4.39 Å². The highest BCUT2D eigenvalue weighted by atomic mass is 35.5. The summed E-state index contributed by atoms with van der Waals surface area (Å²) >= 11 is 5.58. The van der Waals surface area contributed by atoms with E-state index < -0.39 is 23.7 Å². The fourth-order valence-electron chi connectivity index (χ4n) is 1.61. The Hall–Kier alpha value is -1.62. The number of rotatable bonds is 4. The third kappa shape index (κ3) is 2.79. The first kappa shape index (κ1) is 14.4. The maximum atomic E-state index is 13.7. The number of hydrogen-bond acceptors (Lipinski definition) is 2. The molecule has 18 heavy (non-hydrogen) atoms. The Bertz CT molecular complexity index is 478. The Kier molecular flexibility index (Phi) is 4.67. The third-order valence-corrected chi connectivity index (χ3v) is 2.93. The molecule has 0 radical (unpaired) electrons. The van der Waals surface area contributed by atoms with Crippen molar-refractivity contribution in [3.63, 3.8) is 0 Å². The smallest absolute Gasteiger partial charge is 0.326 e. The van der Waals surface area contributed by atoms with E-state index in [9.17, 15) is 14.0 Å². The number of aliphatic carboxylic acids is 1. The minimum absolute atomic E-state index is 0.169. The molecule has 98 valence electrons. The summed E-state index contributed by atoms with van der Waals surface area (Å²) in [5, 5.41) is 8.78. The second-order valence-corrected chi connectivity index (χ2v) is 4.19. The zero-order chi connectivity index (χ0) is 13.9. The summed E-state index contributed by atoms with van der Waals surface area (Å²) in [5.74, 6) is -2.67. The van der Waals surface area contributed by atoms with Crippen LogP contribution in [0.5, 0.6) is 0 Å². The fraction of sp³-hybridized carbons (Fsp3) is 0.333.